The van der Waals surface area contributed by atoms with Gasteiger partial charge in [0, 0.05) is 38.0 Å². The van der Waals surface area contributed by atoms with E-state index in [0.29, 0.717) is 42.1 Å². The summed E-state index contributed by atoms with van der Waals surface area (Å²) in [5.41, 5.74) is 1.23. The molecule has 0 radical (unpaired) electrons. The lowest BCUT2D eigenvalue weighted by Gasteiger charge is -2.31. The number of oxazole rings is 1. The molecule has 1 amide bonds. The third-order valence-electron chi connectivity index (χ3n) is 5.81. The number of piperidine rings is 1. The summed E-state index contributed by atoms with van der Waals surface area (Å²) in [5.74, 6) is -0.334. The number of amides is 1. The van der Waals surface area contributed by atoms with E-state index in [1.165, 1.54) is 41.3 Å². The van der Waals surface area contributed by atoms with Gasteiger partial charge in [0.25, 0.3) is 0 Å². The molecule has 4 rings (SSSR count). The van der Waals surface area contributed by atoms with Gasteiger partial charge in [-0.3, -0.25) is 9.36 Å². The number of ether oxygens (including phenoxy) is 2. The van der Waals surface area contributed by atoms with Gasteiger partial charge in [-0.1, -0.05) is 0 Å². The first-order chi connectivity index (χ1) is 15.7. The molecule has 0 unspecified atom stereocenters. The number of aromatic nitrogens is 1. The van der Waals surface area contributed by atoms with Crippen molar-refractivity contribution in [2.24, 2.45) is 13.0 Å². The molecule has 0 aliphatic carbocycles. The number of benzene rings is 2. The fourth-order valence-electron chi connectivity index (χ4n) is 3.96. The summed E-state index contributed by atoms with van der Waals surface area (Å²) in [6.07, 6.45) is 1.11. The number of sulfonamides is 1. The zero-order valence-electron chi connectivity index (χ0n) is 18.5. The van der Waals surface area contributed by atoms with Crippen LogP contribution in [0.3, 0.4) is 0 Å². The fourth-order valence-corrected chi connectivity index (χ4v) is 5.50. The second kappa shape index (κ2) is 8.91. The number of hydrogen-bond donors (Lipinski definition) is 1. The predicted octanol–water partition coefficient (Wildman–Crippen LogP) is 2.19. The van der Waals surface area contributed by atoms with Gasteiger partial charge in [-0.2, -0.15) is 4.31 Å². The lowest BCUT2D eigenvalue weighted by molar-refractivity contribution is -0.120. The van der Waals surface area contributed by atoms with Gasteiger partial charge in [0.1, 0.15) is 0 Å². The number of rotatable bonds is 6. The van der Waals surface area contributed by atoms with Crippen molar-refractivity contribution in [3.05, 3.63) is 46.9 Å². The highest BCUT2D eigenvalue weighted by Gasteiger charge is 2.33. The molecule has 2 aromatic carbocycles. The monoisotopic (exact) mass is 475 g/mol. The van der Waals surface area contributed by atoms with Crippen molar-refractivity contribution in [3.8, 4) is 11.5 Å². The Morgan fingerprint density at radius 1 is 1.12 bits per heavy atom. The molecule has 176 valence electrons. The van der Waals surface area contributed by atoms with Crippen molar-refractivity contribution in [3.63, 3.8) is 0 Å². The molecular formula is C22H25N3O7S. The lowest BCUT2D eigenvalue weighted by Crippen LogP contribution is -2.43. The van der Waals surface area contributed by atoms with Gasteiger partial charge in [0.05, 0.1) is 30.5 Å². The van der Waals surface area contributed by atoms with Crippen molar-refractivity contribution in [2.75, 3.05) is 32.6 Å². The number of aryl methyl sites for hydroxylation is 1. The highest BCUT2D eigenvalue weighted by Crippen LogP contribution is 2.31. The molecule has 10 nitrogen and oxygen atoms in total. The molecule has 1 atom stereocenters. The molecule has 2 heterocycles. The van der Waals surface area contributed by atoms with Gasteiger partial charge in [-0.15, -0.1) is 0 Å². The maximum atomic E-state index is 13.2. The fraction of sp³-hybridized carbons (Fsp3) is 0.364. The Morgan fingerprint density at radius 2 is 1.88 bits per heavy atom. The normalized spacial score (nSPS) is 17.1. The molecule has 0 spiro atoms. The van der Waals surface area contributed by atoms with Crippen LogP contribution in [0.25, 0.3) is 11.1 Å². The average molecular weight is 476 g/mol. The molecule has 0 bridgehead atoms. The van der Waals surface area contributed by atoms with Crippen molar-refractivity contribution in [1.82, 2.24) is 8.87 Å². The number of nitrogens with one attached hydrogen (secondary N) is 1. The van der Waals surface area contributed by atoms with Crippen LogP contribution >= 0.6 is 0 Å². The number of nitrogens with zero attached hydrogens (tertiary/aromatic N) is 2. The van der Waals surface area contributed by atoms with Crippen LogP contribution in [0.15, 0.2) is 50.5 Å². The summed E-state index contributed by atoms with van der Waals surface area (Å²) in [6, 6.07) is 9.36. The Hall–Kier alpha value is -3.31. The minimum absolute atomic E-state index is 0.0188. The minimum atomic E-state index is -3.87. The highest BCUT2D eigenvalue weighted by molar-refractivity contribution is 7.89. The SMILES string of the molecule is COc1ccc(NC(=O)[C@@H]2CCCN(S(=O)(=O)c3ccc4c(c3)oc(=O)n4C)C2)cc1OC. The molecule has 1 aromatic heterocycles. The van der Waals surface area contributed by atoms with Crippen LogP contribution in [0, 0.1) is 5.92 Å². The van der Waals surface area contributed by atoms with E-state index in [1.54, 1.807) is 25.2 Å². The zero-order chi connectivity index (χ0) is 23.8. The van der Waals surface area contributed by atoms with E-state index in [0.717, 1.165) is 0 Å². The standard InChI is InChI=1S/C22H25N3O7S/c1-24-17-8-7-16(12-19(17)32-22(24)27)33(28,29)25-10-4-5-14(13-25)21(26)23-15-6-9-18(30-2)20(11-15)31-3/h6-9,11-12,14H,4-5,10,13H2,1-3H3,(H,23,26)/t14-/m1/s1. The van der Waals surface area contributed by atoms with Crippen LogP contribution in [0.2, 0.25) is 0 Å². The van der Waals surface area contributed by atoms with Gasteiger partial charge in [0.15, 0.2) is 17.1 Å². The number of fused-ring (bicyclic) bond motifs is 1. The van der Waals surface area contributed by atoms with E-state index in [-0.39, 0.29) is 22.9 Å². The zero-order valence-corrected chi connectivity index (χ0v) is 19.3. The number of anilines is 1. The number of carbonyl (C=O) groups is 1. The van der Waals surface area contributed by atoms with Crippen LogP contribution < -0.4 is 20.5 Å². The molecule has 1 fully saturated rings. The van der Waals surface area contributed by atoms with Crippen LogP contribution in [0.5, 0.6) is 11.5 Å². The Labute approximate surface area is 190 Å². The summed E-state index contributed by atoms with van der Waals surface area (Å²) in [5, 5.41) is 2.83. The van der Waals surface area contributed by atoms with Crippen molar-refractivity contribution in [2.45, 2.75) is 17.7 Å². The summed E-state index contributed by atoms with van der Waals surface area (Å²) >= 11 is 0. The molecule has 1 aliphatic rings. The quantitative estimate of drug-likeness (QED) is 0.580. The molecular weight excluding hydrogens is 450 g/mol. The summed E-state index contributed by atoms with van der Waals surface area (Å²) in [6.45, 7) is 0.359. The number of hydrogen-bond acceptors (Lipinski definition) is 7. The highest BCUT2D eigenvalue weighted by atomic mass is 32.2. The van der Waals surface area contributed by atoms with Crippen molar-refractivity contribution in [1.29, 1.82) is 0 Å². The molecule has 1 saturated heterocycles. The van der Waals surface area contributed by atoms with Crippen LogP contribution in [0.1, 0.15) is 12.8 Å². The van der Waals surface area contributed by atoms with Crippen molar-refractivity contribution < 1.29 is 27.1 Å². The number of carbonyl (C=O) groups excluding carboxylic acids is 1. The topological polar surface area (TPSA) is 120 Å². The van der Waals surface area contributed by atoms with Gasteiger partial charge >= 0.3 is 5.76 Å². The van der Waals surface area contributed by atoms with E-state index < -0.39 is 21.7 Å². The van der Waals surface area contributed by atoms with Gasteiger partial charge in [-0.05, 0) is 37.1 Å². The van der Waals surface area contributed by atoms with E-state index in [1.807, 2.05) is 0 Å². The maximum absolute atomic E-state index is 13.2. The second-order valence-corrected chi connectivity index (χ2v) is 9.76. The minimum Gasteiger partial charge on any atom is -0.493 e. The van der Waals surface area contributed by atoms with E-state index >= 15 is 0 Å². The Kier molecular flexibility index (Phi) is 6.17. The van der Waals surface area contributed by atoms with Crippen LogP contribution in [-0.4, -0.2) is 50.5 Å². The van der Waals surface area contributed by atoms with E-state index in [4.69, 9.17) is 13.9 Å². The summed E-state index contributed by atoms with van der Waals surface area (Å²) in [7, 11) is 0.709. The lowest BCUT2D eigenvalue weighted by atomic mass is 9.98. The van der Waals surface area contributed by atoms with Gasteiger partial charge < -0.3 is 19.2 Å². The summed E-state index contributed by atoms with van der Waals surface area (Å²) < 4.78 is 44.7. The Morgan fingerprint density at radius 3 is 2.61 bits per heavy atom. The molecule has 11 heteroatoms. The molecule has 1 N–H and O–H groups in total. The third kappa shape index (κ3) is 4.33. The Balaban J connectivity index is 1.52. The molecule has 0 saturated carbocycles. The van der Waals surface area contributed by atoms with E-state index in [2.05, 4.69) is 5.32 Å². The van der Waals surface area contributed by atoms with Crippen LogP contribution in [-0.2, 0) is 21.9 Å². The largest absolute Gasteiger partial charge is 0.493 e. The molecule has 3 aromatic rings. The Bertz CT molecular complexity index is 1360. The van der Waals surface area contributed by atoms with Crippen molar-refractivity contribution >= 4 is 32.7 Å². The third-order valence-corrected chi connectivity index (χ3v) is 7.67. The van der Waals surface area contributed by atoms with E-state index in [9.17, 15) is 18.0 Å². The van der Waals surface area contributed by atoms with Gasteiger partial charge in [-0.25, -0.2) is 13.2 Å². The maximum Gasteiger partial charge on any atom is 0.419 e. The van der Waals surface area contributed by atoms with Gasteiger partial charge in [0.2, 0.25) is 15.9 Å². The predicted molar refractivity (Wildman–Crippen MR) is 121 cm³/mol. The first-order valence-corrected chi connectivity index (χ1v) is 11.8. The average Bonchev–Trinajstić information content (AvgIpc) is 3.11. The first-order valence-electron chi connectivity index (χ1n) is 10.4. The second-order valence-electron chi connectivity index (χ2n) is 7.82. The first kappa shape index (κ1) is 22.9. The summed E-state index contributed by atoms with van der Waals surface area (Å²) in [4.78, 5) is 24.6. The number of methoxy groups -OCH3 is 2. The van der Waals surface area contributed by atoms with Crippen LogP contribution in [0.4, 0.5) is 5.69 Å². The smallest absolute Gasteiger partial charge is 0.419 e. The molecule has 33 heavy (non-hydrogen) atoms. The molecule has 1 aliphatic heterocycles.